The first-order chi connectivity index (χ1) is 17.9. The largest absolute Gasteiger partial charge is 0.457 e. The molecule has 0 aliphatic heterocycles. The zero-order valence-electron chi connectivity index (χ0n) is 21.1. The van der Waals surface area contributed by atoms with Gasteiger partial charge in [-0.15, -0.1) is 0 Å². The Morgan fingerprint density at radius 3 is 1.62 bits per heavy atom. The summed E-state index contributed by atoms with van der Waals surface area (Å²) < 4.78 is 26.2. The molecule has 0 aliphatic rings. The van der Waals surface area contributed by atoms with Crippen LogP contribution in [0.2, 0.25) is 0 Å². The molecule has 0 fully saturated rings. The highest BCUT2D eigenvalue weighted by Crippen LogP contribution is 2.25. The molecule has 0 aromatic heterocycles. The molecular weight excluding hydrogens is 532 g/mol. The van der Waals surface area contributed by atoms with Gasteiger partial charge in [0.25, 0.3) is 0 Å². The fraction of sp³-hybridized carbons (Fsp3) is 0.314. The Bertz CT molecular complexity index is 1200. The average Bonchev–Trinajstić information content (AvgIpc) is 2.92. The summed E-state index contributed by atoms with van der Waals surface area (Å²) in [6, 6.07) is 24.5. The number of rotatable bonds is 12. The van der Waals surface area contributed by atoms with Crippen LogP contribution in [-0.4, -0.2) is 38.2 Å². The summed E-state index contributed by atoms with van der Waals surface area (Å²) in [5.41, 5.74) is 1.96. The molecule has 0 aliphatic carbocycles. The van der Waals surface area contributed by atoms with Crippen LogP contribution in [0.5, 0.6) is 11.5 Å². The summed E-state index contributed by atoms with van der Waals surface area (Å²) in [6.07, 6.45) is 6.62. The molecule has 0 saturated heterocycles. The first-order valence-electron chi connectivity index (χ1n) is 11.6. The second-order valence-corrected chi connectivity index (χ2v) is 8.31. The summed E-state index contributed by atoms with van der Waals surface area (Å²) in [7, 11) is 1.44. The van der Waals surface area contributed by atoms with E-state index < -0.39 is 17.5 Å². The van der Waals surface area contributed by atoms with Crippen molar-refractivity contribution in [1.82, 2.24) is 0 Å². The van der Waals surface area contributed by atoms with Gasteiger partial charge < -0.3 is 23.7 Å². The third kappa shape index (κ3) is 13.8. The number of carbonyl (C=O) groups is 2. The van der Waals surface area contributed by atoms with Gasteiger partial charge in [-0.25, -0.2) is 9.59 Å². The second-order valence-electron chi connectivity index (χ2n) is 8.31. The van der Waals surface area contributed by atoms with Crippen LogP contribution in [0.3, 0.4) is 0 Å². The highest BCUT2D eigenvalue weighted by molar-refractivity contribution is 5.82. The fourth-order valence-electron chi connectivity index (χ4n) is 2.96. The topological polar surface area (TPSA) is 80.3 Å². The highest BCUT2D eigenvalue weighted by Gasteiger charge is 2.28. The Morgan fingerprint density at radius 2 is 1.14 bits per heavy atom. The molecule has 0 bridgehead atoms. The lowest BCUT2D eigenvalue weighted by Gasteiger charge is -2.20. The number of methoxy groups -OCH3 is 1. The lowest BCUT2D eigenvalue weighted by atomic mass is 10.1. The van der Waals surface area contributed by atoms with Gasteiger partial charge in [-0.3, -0.25) is 0 Å². The van der Waals surface area contributed by atoms with Gasteiger partial charge in [0, 0.05) is 13.2 Å². The van der Waals surface area contributed by atoms with Gasteiger partial charge in [-0.05, 0) is 54.8 Å². The van der Waals surface area contributed by atoms with Crippen molar-refractivity contribution in [2.45, 2.75) is 56.6 Å². The maximum Gasteiger partial charge on any atom is 0.340 e. The van der Waals surface area contributed by atoms with Gasteiger partial charge in [-0.2, -0.15) is 0 Å². The van der Waals surface area contributed by atoms with E-state index >= 15 is 0 Å². The lowest BCUT2D eigenvalue weighted by Crippen LogP contribution is -2.36. The molecule has 0 amide bonds. The summed E-state index contributed by atoms with van der Waals surface area (Å²) in [5, 5.41) is 0. The Kier molecular flexibility index (Phi) is 21.5. The zero-order chi connectivity index (χ0) is 26.5. The minimum absolute atomic E-state index is 0. The van der Waals surface area contributed by atoms with Crippen LogP contribution in [-0.2, 0) is 23.8 Å². The minimum atomic E-state index is -1.03. The molecule has 0 spiro atoms. The van der Waals surface area contributed by atoms with E-state index in [0.717, 1.165) is 16.7 Å². The number of esters is 2. The summed E-state index contributed by atoms with van der Waals surface area (Å²) in [4.78, 5) is 23.7. The Hall–Kier alpha value is -4.36. The Balaban J connectivity index is -0.00000304. The SMILES string of the molecule is C.C.C.C.C.COC(C)(C)C(=O)OCOc1ccc(-c2ccc(OCOC(=O)C=CC=Cc3ccccc3)cc2)cc1. The van der Waals surface area contributed by atoms with E-state index in [1.807, 2.05) is 60.7 Å². The third-order valence-corrected chi connectivity index (χ3v) is 5.32. The van der Waals surface area contributed by atoms with Crippen molar-refractivity contribution in [3.63, 3.8) is 0 Å². The number of hydrogen-bond donors (Lipinski definition) is 0. The number of hydrogen-bond acceptors (Lipinski definition) is 7. The van der Waals surface area contributed by atoms with E-state index in [-0.39, 0.29) is 50.7 Å². The van der Waals surface area contributed by atoms with Gasteiger partial charge in [0.05, 0.1) is 0 Å². The van der Waals surface area contributed by atoms with E-state index in [0.29, 0.717) is 11.5 Å². The van der Waals surface area contributed by atoms with Crippen molar-refractivity contribution in [2.24, 2.45) is 0 Å². The highest BCUT2D eigenvalue weighted by atomic mass is 16.7. The molecular formula is C35H50O7. The van der Waals surface area contributed by atoms with Crippen LogP contribution >= 0.6 is 0 Å². The van der Waals surface area contributed by atoms with Gasteiger partial charge in [0.1, 0.15) is 11.5 Å². The molecule has 0 unspecified atom stereocenters. The molecule has 0 N–H and O–H groups in total. The van der Waals surface area contributed by atoms with Crippen molar-refractivity contribution < 1.29 is 33.3 Å². The van der Waals surface area contributed by atoms with E-state index in [9.17, 15) is 9.59 Å². The summed E-state index contributed by atoms with van der Waals surface area (Å²) in [6.45, 7) is 2.85. The predicted molar refractivity (Wildman–Crippen MR) is 174 cm³/mol. The fourth-order valence-corrected chi connectivity index (χ4v) is 2.96. The minimum Gasteiger partial charge on any atom is -0.457 e. The van der Waals surface area contributed by atoms with E-state index in [2.05, 4.69) is 0 Å². The van der Waals surface area contributed by atoms with E-state index in [1.165, 1.54) is 13.2 Å². The molecule has 3 aromatic rings. The molecule has 232 valence electrons. The molecule has 0 heterocycles. The predicted octanol–water partition coefficient (Wildman–Crippen LogP) is 8.99. The van der Waals surface area contributed by atoms with Gasteiger partial charge >= 0.3 is 11.9 Å². The van der Waals surface area contributed by atoms with Crippen LogP contribution in [0.15, 0.2) is 97.1 Å². The molecule has 7 nitrogen and oxygen atoms in total. The molecule has 0 saturated carbocycles. The smallest absolute Gasteiger partial charge is 0.340 e. The Labute approximate surface area is 253 Å². The quantitative estimate of drug-likeness (QED) is 0.0912. The van der Waals surface area contributed by atoms with Crippen LogP contribution in [0.4, 0.5) is 0 Å². The van der Waals surface area contributed by atoms with Crippen molar-refractivity contribution in [2.75, 3.05) is 20.7 Å². The molecule has 3 rings (SSSR count). The van der Waals surface area contributed by atoms with Crippen molar-refractivity contribution in [3.8, 4) is 22.6 Å². The van der Waals surface area contributed by atoms with Gasteiger partial charge in [0.15, 0.2) is 5.60 Å². The average molecular weight is 583 g/mol. The molecule has 7 heteroatoms. The number of ether oxygens (including phenoxy) is 5. The number of benzene rings is 3. The van der Waals surface area contributed by atoms with E-state index in [4.69, 9.17) is 23.7 Å². The first-order valence-corrected chi connectivity index (χ1v) is 11.6. The maximum atomic E-state index is 11.9. The van der Waals surface area contributed by atoms with Crippen LogP contribution in [0.25, 0.3) is 17.2 Å². The van der Waals surface area contributed by atoms with Crippen LogP contribution < -0.4 is 9.47 Å². The molecule has 0 radical (unpaired) electrons. The molecule has 3 aromatic carbocycles. The first kappa shape index (κ1) is 42.1. The molecule has 0 atom stereocenters. The standard InChI is InChI=1S/C30H30O7.5CH4/c1-30(2,33-3)29(32)37-22-35-27-19-15-25(16-20-27)24-13-17-26(18-14-24)34-21-36-28(31)12-8-7-11-23-9-5-4-6-10-23;;;;;/h4-20H,21-22H2,1-3H3;5*1H4. The zero-order valence-corrected chi connectivity index (χ0v) is 21.1. The second kappa shape index (κ2) is 21.4. The summed E-state index contributed by atoms with van der Waals surface area (Å²) >= 11 is 0. The number of allylic oxidation sites excluding steroid dienone is 2. The van der Waals surface area contributed by atoms with Crippen molar-refractivity contribution in [3.05, 3.63) is 103 Å². The van der Waals surface area contributed by atoms with E-state index in [1.54, 1.807) is 50.3 Å². The Morgan fingerprint density at radius 1 is 0.667 bits per heavy atom. The maximum absolute atomic E-state index is 11.9. The van der Waals surface area contributed by atoms with Crippen LogP contribution in [0.1, 0.15) is 56.5 Å². The summed E-state index contributed by atoms with van der Waals surface area (Å²) in [5.74, 6) is 0.147. The van der Waals surface area contributed by atoms with Crippen molar-refractivity contribution >= 4 is 18.0 Å². The van der Waals surface area contributed by atoms with Gasteiger partial charge in [0.2, 0.25) is 13.6 Å². The monoisotopic (exact) mass is 582 g/mol. The normalized spacial score (nSPS) is 10.1. The van der Waals surface area contributed by atoms with Crippen molar-refractivity contribution in [1.29, 1.82) is 0 Å². The lowest BCUT2D eigenvalue weighted by molar-refractivity contribution is -0.171. The van der Waals surface area contributed by atoms with Gasteiger partial charge in [-0.1, -0.05) is 110 Å². The third-order valence-electron chi connectivity index (χ3n) is 5.32. The number of carbonyl (C=O) groups excluding carboxylic acids is 2. The van der Waals surface area contributed by atoms with Crippen LogP contribution in [0, 0.1) is 0 Å². The molecule has 42 heavy (non-hydrogen) atoms.